The number of hydrogen-bond acceptors (Lipinski definition) is 4. The molecule has 0 bridgehead atoms. The Morgan fingerprint density at radius 1 is 1.25 bits per heavy atom. The van der Waals surface area contributed by atoms with Crippen LogP contribution in [0.1, 0.15) is 41.7 Å². The minimum atomic E-state index is -0.169. The van der Waals surface area contributed by atoms with E-state index in [4.69, 9.17) is 17.0 Å². The molecule has 1 fully saturated rings. The number of nitrogens with zero attached hydrogens (tertiary/aromatic N) is 2. The second-order valence-corrected chi connectivity index (χ2v) is 9.13. The van der Waals surface area contributed by atoms with Gasteiger partial charge in [0.05, 0.1) is 30.6 Å². The number of pyridine rings is 1. The van der Waals surface area contributed by atoms with Crippen LogP contribution in [0.3, 0.4) is 0 Å². The number of rotatable bonds is 5. The summed E-state index contributed by atoms with van der Waals surface area (Å²) in [6.45, 7) is 5.63. The Bertz CT molecular complexity index is 1180. The van der Waals surface area contributed by atoms with Crippen molar-refractivity contribution < 1.29 is 9.53 Å². The van der Waals surface area contributed by atoms with E-state index in [1.165, 1.54) is 12.5 Å². The van der Waals surface area contributed by atoms with Crippen LogP contribution in [-0.4, -0.2) is 28.1 Å². The highest BCUT2D eigenvalue weighted by molar-refractivity contribution is 14.1. The highest BCUT2D eigenvalue weighted by Gasteiger charge is 2.43. The van der Waals surface area contributed by atoms with Crippen molar-refractivity contribution in [3.05, 3.63) is 68.8 Å². The van der Waals surface area contributed by atoms with Crippen LogP contribution in [0.15, 0.2) is 42.6 Å². The number of aromatic amines is 1. The van der Waals surface area contributed by atoms with Crippen LogP contribution in [0.2, 0.25) is 0 Å². The topological polar surface area (TPSA) is 82.3 Å². The molecule has 1 aromatic carbocycles. The third kappa shape index (κ3) is 4.06. The number of carbonyl (C=O) groups excluding carboxylic acids is 1. The minimum Gasteiger partial charge on any atom is -0.495 e. The number of nitrogens with one attached hydrogen (secondary N) is 3. The Labute approximate surface area is 206 Å². The van der Waals surface area contributed by atoms with Crippen molar-refractivity contribution in [1.82, 2.24) is 15.3 Å². The highest BCUT2D eigenvalue weighted by atomic mass is 127. The average molecular weight is 561 g/mol. The Balaban J connectivity index is 1.88. The number of amides is 1. The van der Waals surface area contributed by atoms with E-state index in [1.54, 1.807) is 13.3 Å². The number of anilines is 2. The Kier molecular flexibility index (Phi) is 6.38. The minimum absolute atomic E-state index is 0.132. The number of ether oxygens (including phenoxy) is 1. The second kappa shape index (κ2) is 9.07. The van der Waals surface area contributed by atoms with Gasteiger partial charge in [-0.3, -0.25) is 9.78 Å². The summed E-state index contributed by atoms with van der Waals surface area (Å²) in [7, 11) is 1.58. The van der Waals surface area contributed by atoms with Crippen LogP contribution in [-0.2, 0) is 4.79 Å². The van der Waals surface area contributed by atoms with Crippen LogP contribution >= 0.6 is 34.8 Å². The number of H-pyrrole nitrogens is 1. The molecular weight excluding hydrogens is 537 g/mol. The molecule has 0 saturated carbocycles. The lowest BCUT2D eigenvalue weighted by atomic mass is 9.96. The largest absolute Gasteiger partial charge is 0.495 e. The van der Waals surface area contributed by atoms with Gasteiger partial charge in [-0.25, -0.2) is 0 Å². The first-order valence-electron chi connectivity index (χ1n) is 10.1. The zero-order chi connectivity index (χ0) is 23.0. The number of methoxy groups -OCH3 is 1. The zero-order valence-corrected chi connectivity index (χ0v) is 21.2. The number of aryl methyl sites for hydroxylation is 2. The summed E-state index contributed by atoms with van der Waals surface area (Å²) in [5, 5.41) is 6.93. The van der Waals surface area contributed by atoms with Gasteiger partial charge in [-0.2, -0.15) is 0 Å². The van der Waals surface area contributed by atoms with Crippen LogP contribution in [0.4, 0.5) is 11.4 Å². The highest BCUT2D eigenvalue weighted by Crippen LogP contribution is 2.45. The average Bonchev–Trinajstić information content (AvgIpc) is 3.22. The maximum absolute atomic E-state index is 11.8. The van der Waals surface area contributed by atoms with E-state index in [2.05, 4.69) is 61.9 Å². The molecule has 0 spiro atoms. The van der Waals surface area contributed by atoms with Crippen molar-refractivity contribution in [2.75, 3.05) is 17.3 Å². The molecule has 2 atom stereocenters. The third-order valence-electron chi connectivity index (χ3n) is 5.51. The van der Waals surface area contributed by atoms with E-state index in [-0.39, 0.29) is 18.0 Å². The standard InChI is InChI=1S/C23H24IN5O2S/c1-12-19(20(24)13(2)26-12)22-21(16-7-5-6-10-25-16)28-23(32)29(22)15-8-9-18(31-4)17(11-15)27-14(3)30/h5-11,21-22,26H,1-4H3,(H,27,30)(H,28,32)/t21-,22+/m0/s1. The van der Waals surface area contributed by atoms with Gasteiger partial charge in [0.25, 0.3) is 0 Å². The molecule has 2 aromatic heterocycles. The van der Waals surface area contributed by atoms with Gasteiger partial charge in [0, 0.05) is 39.3 Å². The Morgan fingerprint density at radius 2 is 2.03 bits per heavy atom. The molecule has 4 rings (SSSR count). The van der Waals surface area contributed by atoms with E-state index in [9.17, 15) is 4.79 Å². The summed E-state index contributed by atoms with van der Waals surface area (Å²) in [6.07, 6.45) is 1.79. The third-order valence-corrected chi connectivity index (χ3v) is 7.22. The predicted octanol–water partition coefficient (Wildman–Crippen LogP) is 4.78. The summed E-state index contributed by atoms with van der Waals surface area (Å²) in [5.74, 6) is 0.417. The number of carbonyl (C=O) groups is 1. The molecule has 7 nitrogen and oxygen atoms in total. The van der Waals surface area contributed by atoms with Gasteiger partial charge in [0.15, 0.2) is 5.11 Å². The molecular formula is C23H24IN5O2S. The maximum atomic E-state index is 11.8. The first-order valence-corrected chi connectivity index (χ1v) is 11.6. The van der Waals surface area contributed by atoms with Gasteiger partial charge < -0.3 is 25.3 Å². The van der Waals surface area contributed by atoms with Crippen LogP contribution in [0.25, 0.3) is 0 Å². The fourth-order valence-corrected chi connectivity index (χ4v) is 5.39. The Morgan fingerprint density at radius 3 is 2.62 bits per heavy atom. The molecule has 3 aromatic rings. The van der Waals surface area contributed by atoms with Crippen molar-refractivity contribution in [2.45, 2.75) is 32.9 Å². The van der Waals surface area contributed by atoms with Crippen molar-refractivity contribution in [3.8, 4) is 5.75 Å². The Hall–Kier alpha value is -2.66. The first-order chi connectivity index (χ1) is 15.3. The number of thiocarbonyl (C=S) groups is 1. The van der Waals surface area contributed by atoms with E-state index >= 15 is 0 Å². The molecule has 32 heavy (non-hydrogen) atoms. The molecule has 0 unspecified atom stereocenters. The van der Waals surface area contributed by atoms with Gasteiger partial charge in [-0.05, 0) is 79.0 Å². The van der Waals surface area contributed by atoms with Gasteiger partial charge >= 0.3 is 0 Å². The second-order valence-electron chi connectivity index (χ2n) is 7.67. The van der Waals surface area contributed by atoms with Crippen LogP contribution < -0.4 is 20.3 Å². The van der Waals surface area contributed by atoms with Gasteiger partial charge in [0.1, 0.15) is 5.75 Å². The SMILES string of the molecule is COc1ccc(N2C(=S)N[C@@H](c3ccccn3)[C@H]2c2c(C)[nH]c(C)c2I)cc1NC(C)=O. The molecule has 1 aliphatic heterocycles. The number of benzene rings is 1. The van der Waals surface area contributed by atoms with Gasteiger partial charge in [-0.1, -0.05) is 6.07 Å². The fraction of sp³-hybridized carbons (Fsp3) is 0.261. The first kappa shape index (κ1) is 22.5. The van der Waals surface area contributed by atoms with E-state index < -0.39 is 0 Å². The quantitative estimate of drug-likeness (QED) is 0.308. The van der Waals surface area contributed by atoms with Crippen molar-refractivity contribution >= 4 is 57.2 Å². The summed E-state index contributed by atoms with van der Waals surface area (Å²) in [5.41, 5.74) is 5.73. The smallest absolute Gasteiger partial charge is 0.221 e. The fourth-order valence-electron chi connectivity index (χ4n) is 4.18. The molecule has 1 aliphatic rings. The summed E-state index contributed by atoms with van der Waals surface area (Å²) < 4.78 is 6.60. The maximum Gasteiger partial charge on any atom is 0.221 e. The van der Waals surface area contributed by atoms with E-state index in [0.29, 0.717) is 16.5 Å². The molecule has 0 radical (unpaired) electrons. The van der Waals surface area contributed by atoms with Crippen molar-refractivity contribution in [2.24, 2.45) is 0 Å². The van der Waals surface area contributed by atoms with E-state index in [1.807, 2.05) is 36.4 Å². The van der Waals surface area contributed by atoms with E-state index in [0.717, 1.165) is 26.3 Å². The van der Waals surface area contributed by atoms with Gasteiger partial charge in [0.2, 0.25) is 5.91 Å². The molecule has 0 aliphatic carbocycles. The zero-order valence-electron chi connectivity index (χ0n) is 18.2. The number of aromatic nitrogens is 2. The molecule has 1 saturated heterocycles. The predicted molar refractivity (Wildman–Crippen MR) is 138 cm³/mol. The van der Waals surface area contributed by atoms with Crippen LogP contribution in [0.5, 0.6) is 5.75 Å². The van der Waals surface area contributed by atoms with Crippen molar-refractivity contribution in [3.63, 3.8) is 0 Å². The monoisotopic (exact) mass is 561 g/mol. The van der Waals surface area contributed by atoms with Crippen molar-refractivity contribution in [1.29, 1.82) is 0 Å². The lowest BCUT2D eigenvalue weighted by Crippen LogP contribution is -2.30. The summed E-state index contributed by atoms with van der Waals surface area (Å²) in [6, 6.07) is 11.3. The number of hydrogen-bond donors (Lipinski definition) is 3. The molecule has 1 amide bonds. The number of halogens is 1. The normalized spacial score (nSPS) is 17.9. The summed E-state index contributed by atoms with van der Waals surface area (Å²) >= 11 is 8.21. The van der Waals surface area contributed by atoms with Gasteiger partial charge in [-0.15, -0.1) is 0 Å². The summed E-state index contributed by atoms with van der Waals surface area (Å²) in [4.78, 5) is 21.9. The molecule has 9 heteroatoms. The molecule has 3 N–H and O–H groups in total. The molecule has 166 valence electrons. The lowest BCUT2D eigenvalue weighted by Gasteiger charge is -2.29. The molecule has 3 heterocycles. The van der Waals surface area contributed by atoms with Crippen LogP contribution in [0, 0.1) is 17.4 Å². The lowest BCUT2D eigenvalue weighted by molar-refractivity contribution is -0.114.